The van der Waals surface area contributed by atoms with Crippen molar-refractivity contribution in [3.8, 4) is 0 Å². The lowest BCUT2D eigenvalue weighted by Crippen LogP contribution is -2.19. The van der Waals surface area contributed by atoms with Crippen molar-refractivity contribution in [1.82, 2.24) is 10.2 Å². The van der Waals surface area contributed by atoms with Crippen LogP contribution >= 0.6 is 11.6 Å². The minimum Gasteiger partial charge on any atom is -0.322 e. The standard InChI is InChI=1S/C18H17ClN4O3S/c1-11-3-6-13(7-4-11)23-27(25,26)18-15(10-20-22-18)17(24)21-14-8-5-12(2)16(19)9-14/h3-10,23H,1-2H3,(H,20,22)(H,21,24). The van der Waals surface area contributed by atoms with Crippen molar-refractivity contribution >= 4 is 38.9 Å². The molecular weight excluding hydrogens is 388 g/mol. The highest BCUT2D eigenvalue weighted by Crippen LogP contribution is 2.22. The van der Waals surface area contributed by atoms with Gasteiger partial charge in [-0.3, -0.25) is 14.6 Å². The van der Waals surface area contributed by atoms with E-state index in [1.54, 1.807) is 42.5 Å². The number of benzene rings is 2. The number of H-pyrrole nitrogens is 1. The van der Waals surface area contributed by atoms with Gasteiger partial charge in [-0.25, -0.2) is 0 Å². The van der Waals surface area contributed by atoms with Crippen molar-refractivity contribution in [2.75, 3.05) is 10.0 Å². The molecule has 3 aromatic rings. The number of aryl methyl sites for hydroxylation is 2. The summed E-state index contributed by atoms with van der Waals surface area (Å²) in [5.74, 6) is -0.618. The summed E-state index contributed by atoms with van der Waals surface area (Å²) in [6, 6.07) is 11.9. The van der Waals surface area contributed by atoms with Crippen LogP contribution in [0.4, 0.5) is 11.4 Å². The van der Waals surface area contributed by atoms with Gasteiger partial charge in [0.05, 0.1) is 11.8 Å². The summed E-state index contributed by atoms with van der Waals surface area (Å²) < 4.78 is 27.7. The van der Waals surface area contributed by atoms with E-state index >= 15 is 0 Å². The van der Waals surface area contributed by atoms with Crippen LogP contribution in [0.5, 0.6) is 0 Å². The molecule has 27 heavy (non-hydrogen) atoms. The lowest BCUT2D eigenvalue weighted by molar-refractivity contribution is 0.102. The first-order valence-corrected chi connectivity index (χ1v) is 9.83. The summed E-state index contributed by atoms with van der Waals surface area (Å²) in [7, 11) is -4.02. The number of hydrogen-bond donors (Lipinski definition) is 3. The maximum atomic E-state index is 12.6. The maximum absolute atomic E-state index is 12.6. The lowest BCUT2D eigenvalue weighted by atomic mass is 10.2. The third-order valence-corrected chi connectivity index (χ3v) is 5.61. The van der Waals surface area contributed by atoms with Crippen molar-refractivity contribution in [1.29, 1.82) is 0 Å². The fourth-order valence-electron chi connectivity index (χ4n) is 2.34. The zero-order valence-corrected chi connectivity index (χ0v) is 16.1. The van der Waals surface area contributed by atoms with E-state index in [1.807, 2.05) is 13.8 Å². The molecule has 1 heterocycles. The van der Waals surface area contributed by atoms with Crippen LogP contribution in [0.25, 0.3) is 0 Å². The topological polar surface area (TPSA) is 104 Å². The Kier molecular flexibility index (Phi) is 5.20. The van der Waals surface area contributed by atoms with E-state index in [1.165, 1.54) is 0 Å². The van der Waals surface area contributed by atoms with Gasteiger partial charge in [0.1, 0.15) is 0 Å². The van der Waals surface area contributed by atoms with E-state index in [4.69, 9.17) is 11.6 Å². The van der Waals surface area contributed by atoms with Crippen LogP contribution in [0.15, 0.2) is 53.7 Å². The zero-order valence-electron chi connectivity index (χ0n) is 14.6. The number of sulfonamides is 1. The molecule has 1 aromatic heterocycles. The van der Waals surface area contributed by atoms with Crippen LogP contribution in [0.2, 0.25) is 5.02 Å². The Labute approximate surface area is 161 Å². The molecule has 1 amide bonds. The van der Waals surface area contributed by atoms with E-state index in [-0.39, 0.29) is 10.6 Å². The third kappa shape index (κ3) is 4.29. The maximum Gasteiger partial charge on any atom is 0.279 e. The molecular formula is C18H17ClN4O3S. The Morgan fingerprint density at radius 1 is 1.07 bits per heavy atom. The fraction of sp³-hybridized carbons (Fsp3) is 0.111. The van der Waals surface area contributed by atoms with E-state index in [9.17, 15) is 13.2 Å². The highest BCUT2D eigenvalue weighted by molar-refractivity contribution is 7.92. The number of nitrogens with one attached hydrogen (secondary N) is 3. The molecule has 0 fully saturated rings. The predicted octanol–water partition coefficient (Wildman–Crippen LogP) is 3.73. The van der Waals surface area contributed by atoms with Crippen molar-refractivity contribution in [2.24, 2.45) is 0 Å². The summed E-state index contributed by atoms with van der Waals surface area (Å²) in [5.41, 5.74) is 2.59. The molecule has 0 aliphatic carbocycles. The van der Waals surface area contributed by atoms with Crippen molar-refractivity contribution in [2.45, 2.75) is 18.9 Å². The molecule has 0 saturated heterocycles. The average molecular weight is 405 g/mol. The van der Waals surface area contributed by atoms with Gasteiger partial charge in [-0.2, -0.15) is 13.5 Å². The number of amides is 1. The number of carbonyl (C=O) groups is 1. The number of nitrogens with zero attached hydrogens (tertiary/aromatic N) is 1. The quantitative estimate of drug-likeness (QED) is 0.602. The molecule has 0 aliphatic heterocycles. The third-order valence-electron chi connectivity index (χ3n) is 3.85. The summed E-state index contributed by atoms with van der Waals surface area (Å²) in [6.07, 6.45) is 1.16. The molecule has 9 heteroatoms. The highest BCUT2D eigenvalue weighted by Gasteiger charge is 2.25. The number of aromatic nitrogens is 2. The van der Waals surface area contributed by atoms with Crippen molar-refractivity contribution < 1.29 is 13.2 Å². The minimum absolute atomic E-state index is 0.105. The van der Waals surface area contributed by atoms with Crippen molar-refractivity contribution in [3.63, 3.8) is 0 Å². The Morgan fingerprint density at radius 2 is 1.74 bits per heavy atom. The second kappa shape index (κ2) is 7.42. The first-order chi connectivity index (χ1) is 12.8. The zero-order chi connectivity index (χ0) is 19.6. The Morgan fingerprint density at radius 3 is 2.41 bits per heavy atom. The Balaban J connectivity index is 1.84. The monoisotopic (exact) mass is 404 g/mol. The summed E-state index contributed by atoms with van der Waals surface area (Å²) >= 11 is 6.05. The van der Waals surface area contributed by atoms with Crippen LogP contribution in [-0.4, -0.2) is 24.5 Å². The molecule has 0 spiro atoms. The van der Waals surface area contributed by atoms with Gasteiger partial charge in [0.15, 0.2) is 5.03 Å². The Hall–Kier alpha value is -2.84. The molecule has 0 bridgehead atoms. The van der Waals surface area contributed by atoms with Gasteiger partial charge in [0, 0.05) is 16.4 Å². The summed E-state index contributed by atoms with van der Waals surface area (Å²) in [5, 5.41) is 8.88. The minimum atomic E-state index is -4.02. The summed E-state index contributed by atoms with van der Waals surface area (Å²) in [4.78, 5) is 12.5. The van der Waals surface area contributed by atoms with E-state index in [0.29, 0.717) is 16.4 Å². The SMILES string of the molecule is Cc1ccc(NS(=O)(=O)c2[nH]ncc2C(=O)Nc2ccc(C)c(Cl)c2)cc1. The number of rotatable bonds is 5. The van der Waals surface area contributed by atoms with E-state index in [2.05, 4.69) is 20.2 Å². The number of aromatic amines is 1. The van der Waals surface area contributed by atoms with E-state index in [0.717, 1.165) is 17.3 Å². The molecule has 0 saturated carbocycles. The predicted molar refractivity (Wildman–Crippen MR) is 105 cm³/mol. The first-order valence-electron chi connectivity index (χ1n) is 7.96. The van der Waals surface area contributed by atoms with Crippen LogP contribution in [0.1, 0.15) is 21.5 Å². The molecule has 140 valence electrons. The van der Waals surface area contributed by atoms with Gasteiger partial charge in [0.25, 0.3) is 15.9 Å². The molecule has 0 unspecified atom stereocenters. The number of anilines is 2. The van der Waals surface area contributed by atoms with Crippen molar-refractivity contribution in [3.05, 3.63) is 70.4 Å². The van der Waals surface area contributed by atoms with Crippen LogP contribution < -0.4 is 10.0 Å². The second-order valence-electron chi connectivity index (χ2n) is 6.00. The number of hydrogen-bond acceptors (Lipinski definition) is 4. The van der Waals surface area contributed by atoms with Crippen LogP contribution in [-0.2, 0) is 10.0 Å². The molecule has 7 nitrogen and oxygen atoms in total. The van der Waals surface area contributed by atoms with Gasteiger partial charge < -0.3 is 5.32 Å². The van der Waals surface area contributed by atoms with Gasteiger partial charge in [-0.1, -0.05) is 35.4 Å². The Bertz CT molecular complexity index is 1090. The second-order valence-corrected chi connectivity index (χ2v) is 8.03. The smallest absolute Gasteiger partial charge is 0.279 e. The fourth-order valence-corrected chi connectivity index (χ4v) is 3.67. The molecule has 0 aliphatic rings. The molecule has 3 N–H and O–H groups in total. The molecule has 3 rings (SSSR count). The van der Waals surface area contributed by atoms with Gasteiger partial charge in [0.2, 0.25) is 0 Å². The number of halogens is 1. The first kappa shape index (κ1) is 18.9. The summed E-state index contributed by atoms with van der Waals surface area (Å²) in [6.45, 7) is 3.73. The average Bonchev–Trinajstić information content (AvgIpc) is 3.11. The lowest BCUT2D eigenvalue weighted by Gasteiger charge is -2.09. The highest BCUT2D eigenvalue weighted by atomic mass is 35.5. The normalized spacial score (nSPS) is 11.2. The largest absolute Gasteiger partial charge is 0.322 e. The van der Waals surface area contributed by atoms with Crippen LogP contribution in [0.3, 0.4) is 0 Å². The van der Waals surface area contributed by atoms with Gasteiger partial charge in [-0.05, 0) is 43.7 Å². The van der Waals surface area contributed by atoms with Gasteiger partial charge >= 0.3 is 0 Å². The molecule has 2 aromatic carbocycles. The van der Waals surface area contributed by atoms with E-state index < -0.39 is 15.9 Å². The molecule has 0 atom stereocenters. The number of carbonyl (C=O) groups excluding carboxylic acids is 1. The molecule has 0 radical (unpaired) electrons. The van der Waals surface area contributed by atoms with Crippen LogP contribution in [0, 0.1) is 13.8 Å². The van der Waals surface area contributed by atoms with Gasteiger partial charge in [-0.15, -0.1) is 0 Å².